The van der Waals surface area contributed by atoms with Crippen molar-refractivity contribution in [3.8, 4) is 5.75 Å². The normalized spacial score (nSPS) is 11.3. The predicted octanol–water partition coefficient (Wildman–Crippen LogP) is 3.85. The van der Waals surface area contributed by atoms with Crippen molar-refractivity contribution in [1.29, 1.82) is 0 Å². The summed E-state index contributed by atoms with van der Waals surface area (Å²) in [5, 5.41) is 9.15. The summed E-state index contributed by atoms with van der Waals surface area (Å²) in [6.07, 6.45) is 0. The number of nitrogens with zero attached hydrogens (tertiary/aromatic N) is 1. The number of benzene rings is 2. The van der Waals surface area contributed by atoms with Crippen molar-refractivity contribution in [3.63, 3.8) is 0 Å². The maximum absolute atomic E-state index is 12.0. The number of hydrogen-bond donors (Lipinski definition) is 3. The largest absolute Gasteiger partial charge is 0.489 e. The number of ether oxygens (including phenoxy) is 1. The second-order valence-electron chi connectivity index (χ2n) is 7.77. The van der Waals surface area contributed by atoms with Gasteiger partial charge in [-0.25, -0.2) is 4.99 Å². The molecule has 30 heavy (non-hydrogen) atoms. The summed E-state index contributed by atoms with van der Waals surface area (Å²) in [5.74, 6) is 1.34. The Kier molecular flexibility index (Phi) is 11.2. The third-order valence-electron chi connectivity index (χ3n) is 3.84. The lowest BCUT2D eigenvalue weighted by Gasteiger charge is -2.21. The number of rotatable bonds is 8. The van der Waals surface area contributed by atoms with Crippen molar-refractivity contribution in [2.45, 2.75) is 46.4 Å². The van der Waals surface area contributed by atoms with E-state index in [9.17, 15) is 4.79 Å². The molecule has 1 amide bonds. The van der Waals surface area contributed by atoms with Crippen molar-refractivity contribution in [3.05, 3.63) is 65.7 Å². The van der Waals surface area contributed by atoms with E-state index in [2.05, 4.69) is 20.9 Å². The van der Waals surface area contributed by atoms with E-state index in [0.29, 0.717) is 25.7 Å². The van der Waals surface area contributed by atoms with Gasteiger partial charge in [-0.05, 0) is 51.0 Å². The zero-order valence-electron chi connectivity index (χ0n) is 18.2. The van der Waals surface area contributed by atoms with Crippen LogP contribution in [-0.2, 0) is 17.9 Å². The summed E-state index contributed by atoms with van der Waals surface area (Å²) in [5.41, 5.74) is 1.91. The van der Waals surface area contributed by atoms with Crippen molar-refractivity contribution in [1.82, 2.24) is 16.0 Å². The average Bonchev–Trinajstić information content (AvgIpc) is 2.68. The van der Waals surface area contributed by atoms with Gasteiger partial charge in [0.2, 0.25) is 5.91 Å². The highest BCUT2D eigenvalue weighted by atomic mass is 127. The molecule has 0 radical (unpaired) electrons. The molecule has 0 saturated carbocycles. The van der Waals surface area contributed by atoms with Gasteiger partial charge < -0.3 is 20.7 Å². The average molecular weight is 524 g/mol. The van der Waals surface area contributed by atoms with Crippen LogP contribution in [0.15, 0.2) is 59.6 Å². The van der Waals surface area contributed by atoms with Gasteiger partial charge in [-0.2, -0.15) is 0 Å². The monoisotopic (exact) mass is 524 g/mol. The van der Waals surface area contributed by atoms with E-state index in [1.165, 1.54) is 0 Å². The van der Waals surface area contributed by atoms with Crippen molar-refractivity contribution in [2.24, 2.45) is 4.99 Å². The van der Waals surface area contributed by atoms with E-state index >= 15 is 0 Å². The van der Waals surface area contributed by atoms with Crippen LogP contribution in [0.25, 0.3) is 0 Å². The second-order valence-corrected chi connectivity index (χ2v) is 7.77. The van der Waals surface area contributed by atoms with Crippen LogP contribution >= 0.6 is 24.0 Å². The van der Waals surface area contributed by atoms with Gasteiger partial charge >= 0.3 is 0 Å². The van der Waals surface area contributed by atoms with E-state index in [-0.39, 0.29) is 42.0 Å². The standard InChI is InChI=1S/C23H32N4O2.HI/c1-5-24-22(26-16-21(28)27-23(2,3)4)25-15-19-12-9-13-20(14-19)29-17-18-10-7-6-8-11-18;/h6-14H,5,15-17H2,1-4H3,(H,27,28)(H2,24,25,26);1H. The van der Waals surface area contributed by atoms with Crippen molar-refractivity contribution in [2.75, 3.05) is 13.1 Å². The molecule has 0 bridgehead atoms. The van der Waals surface area contributed by atoms with E-state index in [1.54, 1.807) is 0 Å². The lowest BCUT2D eigenvalue weighted by Crippen LogP contribution is -2.48. The number of carbonyl (C=O) groups excluding carboxylic acids is 1. The molecule has 2 aromatic rings. The summed E-state index contributed by atoms with van der Waals surface area (Å²) in [6, 6.07) is 18.0. The highest BCUT2D eigenvalue weighted by molar-refractivity contribution is 14.0. The van der Waals surface area contributed by atoms with Crippen LogP contribution in [0.3, 0.4) is 0 Å². The summed E-state index contributed by atoms with van der Waals surface area (Å²) >= 11 is 0. The summed E-state index contributed by atoms with van der Waals surface area (Å²) < 4.78 is 5.88. The molecule has 0 atom stereocenters. The van der Waals surface area contributed by atoms with Crippen molar-refractivity contribution < 1.29 is 9.53 Å². The Balaban J connectivity index is 0.00000450. The first kappa shape index (κ1) is 25.7. The third kappa shape index (κ3) is 10.5. The molecule has 0 fully saturated rings. The summed E-state index contributed by atoms with van der Waals surface area (Å²) in [6.45, 7) is 9.76. The molecule has 0 unspecified atom stereocenters. The van der Waals surface area contributed by atoms with Crippen LogP contribution in [0, 0.1) is 0 Å². The van der Waals surface area contributed by atoms with E-state index in [4.69, 9.17) is 4.74 Å². The molecule has 0 heterocycles. The Bertz CT molecular complexity index is 804. The quantitative estimate of drug-likeness (QED) is 0.279. The number of aliphatic imine (C=N–C) groups is 1. The van der Waals surface area contributed by atoms with Crippen molar-refractivity contribution >= 4 is 35.8 Å². The van der Waals surface area contributed by atoms with Gasteiger partial charge in [0.15, 0.2) is 5.96 Å². The van der Waals surface area contributed by atoms with Crippen LogP contribution in [0.5, 0.6) is 5.75 Å². The first-order valence-electron chi connectivity index (χ1n) is 9.94. The summed E-state index contributed by atoms with van der Waals surface area (Å²) in [4.78, 5) is 16.6. The molecule has 0 aromatic heterocycles. The fraction of sp³-hybridized carbons (Fsp3) is 0.391. The lowest BCUT2D eigenvalue weighted by molar-refractivity contribution is -0.121. The summed E-state index contributed by atoms with van der Waals surface area (Å²) in [7, 11) is 0. The Hall–Kier alpha value is -2.29. The number of nitrogens with one attached hydrogen (secondary N) is 3. The van der Waals surface area contributed by atoms with E-state index < -0.39 is 0 Å². The van der Waals surface area contributed by atoms with Gasteiger partial charge in [-0.3, -0.25) is 4.79 Å². The molecule has 2 rings (SSSR count). The molecule has 0 saturated heterocycles. The lowest BCUT2D eigenvalue weighted by atomic mass is 10.1. The molecule has 0 aliphatic carbocycles. The van der Waals surface area contributed by atoms with Gasteiger partial charge in [-0.1, -0.05) is 42.5 Å². The van der Waals surface area contributed by atoms with Gasteiger partial charge in [-0.15, -0.1) is 24.0 Å². The Morgan fingerprint density at radius 3 is 2.37 bits per heavy atom. The minimum absolute atomic E-state index is 0. The minimum atomic E-state index is -0.256. The molecule has 0 spiro atoms. The third-order valence-corrected chi connectivity index (χ3v) is 3.84. The fourth-order valence-electron chi connectivity index (χ4n) is 2.61. The Morgan fingerprint density at radius 1 is 1.00 bits per heavy atom. The van der Waals surface area contributed by atoms with Gasteiger partial charge in [0, 0.05) is 12.1 Å². The zero-order chi connectivity index (χ0) is 21.1. The predicted molar refractivity (Wildman–Crippen MR) is 133 cm³/mol. The van der Waals surface area contributed by atoms with Gasteiger partial charge in [0.1, 0.15) is 12.4 Å². The van der Waals surface area contributed by atoms with Crippen LogP contribution in [-0.4, -0.2) is 30.5 Å². The number of carbonyl (C=O) groups is 1. The highest BCUT2D eigenvalue weighted by Gasteiger charge is 2.13. The van der Waals surface area contributed by atoms with Crippen LogP contribution in [0.4, 0.5) is 0 Å². The topological polar surface area (TPSA) is 74.8 Å². The first-order valence-corrected chi connectivity index (χ1v) is 9.94. The smallest absolute Gasteiger partial charge is 0.239 e. The van der Waals surface area contributed by atoms with Gasteiger partial charge in [0.05, 0.1) is 13.1 Å². The Morgan fingerprint density at radius 2 is 1.70 bits per heavy atom. The second kappa shape index (κ2) is 13.1. The van der Waals surface area contributed by atoms with E-state index in [1.807, 2.05) is 82.3 Å². The minimum Gasteiger partial charge on any atom is -0.489 e. The molecular weight excluding hydrogens is 491 g/mol. The van der Waals surface area contributed by atoms with Crippen LogP contribution in [0.1, 0.15) is 38.8 Å². The Labute approximate surface area is 196 Å². The number of hydrogen-bond acceptors (Lipinski definition) is 3. The molecule has 164 valence electrons. The fourth-order valence-corrected chi connectivity index (χ4v) is 2.61. The highest BCUT2D eigenvalue weighted by Crippen LogP contribution is 2.16. The van der Waals surface area contributed by atoms with Crippen LogP contribution in [0.2, 0.25) is 0 Å². The maximum atomic E-state index is 12.0. The number of amides is 1. The number of guanidine groups is 1. The SMILES string of the molecule is CCNC(=NCc1cccc(OCc2ccccc2)c1)NCC(=O)NC(C)(C)C.I. The first-order chi connectivity index (χ1) is 13.9. The number of halogens is 1. The molecule has 0 aliphatic rings. The molecular formula is C23H33IN4O2. The molecule has 3 N–H and O–H groups in total. The van der Waals surface area contributed by atoms with Gasteiger partial charge in [0.25, 0.3) is 0 Å². The molecule has 2 aromatic carbocycles. The zero-order valence-corrected chi connectivity index (χ0v) is 20.5. The maximum Gasteiger partial charge on any atom is 0.239 e. The molecule has 0 aliphatic heterocycles. The molecule has 7 heteroatoms. The molecule has 6 nitrogen and oxygen atoms in total. The van der Waals surface area contributed by atoms with E-state index in [0.717, 1.165) is 16.9 Å². The van der Waals surface area contributed by atoms with Crippen LogP contribution < -0.4 is 20.7 Å².